The molecule has 5 aliphatic rings. The van der Waals surface area contributed by atoms with E-state index in [-0.39, 0.29) is 34.9 Å². The smallest absolute Gasteiger partial charge is 0.335 e. The Morgan fingerprint density at radius 1 is 1.07 bits per heavy atom. The van der Waals surface area contributed by atoms with Crippen molar-refractivity contribution in [3.8, 4) is 5.75 Å². The quantitative estimate of drug-likeness (QED) is 0.338. The summed E-state index contributed by atoms with van der Waals surface area (Å²) < 4.78 is 46.8. The van der Waals surface area contributed by atoms with Gasteiger partial charge in [-0.15, -0.1) is 0 Å². The Balaban J connectivity index is 1.28. The summed E-state index contributed by atoms with van der Waals surface area (Å²) in [5.74, 6) is 0.145. The third-order valence-corrected chi connectivity index (χ3v) is 12.7. The lowest BCUT2D eigenvalue weighted by molar-refractivity contribution is -0.152. The van der Waals surface area contributed by atoms with Crippen molar-refractivity contribution in [3.05, 3.63) is 70.3 Å². The predicted octanol–water partition coefficient (Wildman–Crippen LogP) is 5.34. The van der Waals surface area contributed by atoms with Crippen LogP contribution in [0.15, 0.2) is 48.6 Å². The number of aryl methyl sites for hydroxylation is 1. The van der Waals surface area contributed by atoms with Crippen LogP contribution in [0.4, 0.5) is 5.69 Å². The Morgan fingerprint density at radius 2 is 1.93 bits per heavy atom. The summed E-state index contributed by atoms with van der Waals surface area (Å²) in [7, 11) is -3.92. The summed E-state index contributed by atoms with van der Waals surface area (Å²) in [5, 5.41) is -0.0591. The molecule has 11 heteroatoms. The highest BCUT2D eigenvalue weighted by molar-refractivity contribution is 7.90. The van der Waals surface area contributed by atoms with Crippen molar-refractivity contribution in [2.45, 2.75) is 81.2 Å². The third kappa shape index (κ3) is 6.04. The number of hydrogen-bond acceptors (Lipinski definition) is 8. The summed E-state index contributed by atoms with van der Waals surface area (Å²) in [6, 6.07) is 11.4. The number of fused-ring (bicyclic) bond motifs is 4. The zero-order chi connectivity index (χ0) is 32.1. The molecule has 6 atom stereocenters. The number of rotatable bonds is 2. The van der Waals surface area contributed by atoms with E-state index in [1.54, 1.807) is 25.1 Å². The number of nitrogens with one attached hydrogen (secondary N) is 1. The van der Waals surface area contributed by atoms with Gasteiger partial charge in [0.25, 0.3) is 5.91 Å². The summed E-state index contributed by atoms with van der Waals surface area (Å²) in [4.78, 5) is 28.1. The number of benzene rings is 2. The second-order valence-electron chi connectivity index (χ2n) is 13.6. The summed E-state index contributed by atoms with van der Waals surface area (Å²) in [6.07, 6.45) is 9.32. The first-order chi connectivity index (χ1) is 22.1. The Labute approximate surface area is 275 Å². The molecule has 2 aromatic carbocycles. The van der Waals surface area contributed by atoms with Gasteiger partial charge >= 0.3 is 5.97 Å². The zero-order valence-electron chi connectivity index (χ0n) is 26.1. The fourth-order valence-corrected chi connectivity index (χ4v) is 9.10. The number of carbonyl (C=O) groups is 2. The van der Waals surface area contributed by atoms with Gasteiger partial charge in [-0.05, 0) is 105 Å². The van der Waals surface area contributed by atoms with Crippen molar-refractivity contribution in [3.63, 3.8) is 0 Å². The normalized spacial score (nSPS) is 33.0. The van der Waals surface area contributed by atoms with Gasteiger partial charge in [0.15, 0.2) is 6.10 Å². The van der Waals surface area contributed by atoms with Crippen LogP contribution in [0.3, 0.4) is 0 Å². The lowest BCUT2D eigenvalue weighted by atomic mass is 9.68. The number of cyclic esters (lactones) is 1. The minimum absolute atomic E-state index is 0.172. The van der Waals surface area contributed by atoms with E-state index in [2.05, 4.69) is 21.8 Å². The van der Waals surface area contributed by atoms with Gasteiger partial charge < -0.3 is 19.1 Å². The van der Waals surface area contributed by atoms with Gasteiger partial charge in [-0.3, -0.25) is 4.79 Å². The number of nitrogens with zero attached hydrogens (tertiary/aromatic N) is 1. The number of ether oxygens (including phenoxy) is 3. The highest BCUT2D eigenvalue weighted by Crippen LogP contribution is 2.47. The first kappa shape index (κ1) is 31.5. The number of halogens is 1. The molecule has 0 aromatic heterocycles. The van der Waals surface area contributed by atoms with Gasteiger partial charge in [-0.2, -0.15) is 0 Å². The van der Waals surface area contributed by atoms with Crippen molar-refractivity contribution < 1.29 is 32.2 Å². The molecule has 2 aromatic rings. The molecule has 0 unspecified atom stereocenters. The molecule has 246 valence electrons. The monoisotopic (exact) mass is 668 g/mol. The first-order valence-electron chi connectivity index (χ1n) is 16.5. The average Bonchev–Trinajstić information content (AvgIpc) is 3.35. The van der Waals surface area contributed by atoms with Crippen LogP contribution in [-0.2, 0) is 36.1 Å². The van der Waals surface area contributed by atoms with Crippen LogP contribution in [-0.4, -0.2) is 64.1 Å². The molecule has 2 bridgehead atoms. The van der Waals surface area contributed by atoms with E-state index in [4.69, 9.17) is 25.8 Å². The number of esters is 1. The van der Waals surface area contributed by atoms with E-state index in [0.29, 0.717) is 51.3 Å². The first-order valence-corrected chi connectivity index (χ1v) is 18.4. The zero-order valence-corrected chi connectivity index (χ0v) is 27.7. The van der Waals surface area contributed by atoms with Gasteiger partial charge in [0.05, 0.1) is 30.3 Å². The standard InChI is InChI=1S/C35H41ClN2O7S/c1-22-5-2-3-7-30(45-32-14-16-43-34(32)40)27-11-8-25(27)19-38-20-35(15-4-6-23-17-26(36)10-12-28(23)35)21-44-31-13-9-24(18-29(31)38)33(39)37-46(22,41)42/h3,7,9-10,12-13,17-18,22,25,27,30,32H,2,4-6,8,11,14-16,19-21H2,1H3,(H,37,39)/b7-3+/t22-,25+,27-,30+,32-,35+/m1/s1. The number of carbonyl (C=O) groups excluding carboxylic acids is 2. The molecule has 1 saturated heterocycles. The molecule has 0 radical (unpaired) electrons. The number of amides is 1. The number of allylic oxidation sites excluding steroid dienone is 1. The van der Waals surface area contributed by atoms with Crippen LogP contribution in [0.2, 0.25) is 5.02 Å². The fourth-order valence-electron chi connectivity index (χ4n) is 7.88. The Kier molecular flexibility index (Phi) is 8.57. The van der Waals surface area contributed by atoms with Crippen LogP contribution in [0, 0.1) is 11.8 Å². The van der Waals surface area contributed by atoms with E-state index < -0.39 is 27.3 Å². The topological polar surface area (TPSA) is 111 Å². The number of hydrogen-bond donors (Lipinski definition) is 1. The highest BCUT2D eigenvalue weighted by atomic mass is 35.5. The maximum atomic E-state index is 13.4. The van der Waals surface area contributed by atoms with Gasteiger partial charge in [0.2, 0.25) is 10.0 Å². The average molecular weight is 669 g/mol. The minimum Gasteiger partial charge on any atom is -0.490 e. The molecule has 1 spiro atoms. The Morgan fingerprint density at radius 3 is 2.72 bits per heavy atom. The summed E-state index contributed by atoms with van der Waals surface area (Å²) in [5.41, 5.74) is 3.25. The van der Waals surface area contributed by atoms with Crippen molar-refractivity contribution >= 4 is 39.2 Å². The second-order valence-corrected chi connectivity index (χ2v) is 16.2. The molecular weight excluding hydrogens is 628 g/mol. The Bertz CT molecular complexity index is 1660. The SMILES string of the molecule is C[C@@H]1CC/C=C/[C@H](O[C@@H]2CCOC2=O)[C@@H]2CC[C@H]2CN2C[C@@]3(CCCc4cc(Cl)ccc43)COc3ccc(cc32)C(=O)NS1(=O)=O. The number of sulfonamides is 1. The largest absolute Gasteiger partial charge is 0.490 e. The maximum Gasteiger partial charge on any atom is 0.335 e. The van der Waals surface area contributed by atoms with E-state index in [1.165, 1.54) is 11.1 Å². The third-order valence-electron chi connectivity index (χ3n) is 10.7. The Hall–Kier alpha value is -3.08. The highest BCUT2D eigenvalue weighted by Gasteiger charge is 2.45. The van der Waals surface area contributed by atoms with Gasteiger partial charge in [0.1, 0.15) is 5.75 Å². The van der Waals surface area contributed by atoms with Crippen LogP contribution in [0.25, 0.3) is 0 Å². The van der Waals surface area contributed by atoms with Crippen molar-refractivity contribution in [2.24, 2.45) is 11.8 Å². The van der Waals surface area contributed by atoms with Crippen molar-refractivity contribution in [1.82, 2.24) is 4.72 Å². The predicted molar refractivity (Wildman–Crippen MR) is 175 cm³/mol. The van der Waals surface area contributed by atoms with Gasteiger partial charge in [-0.25, -0.2) is 17.9 Å². The molecule has 3 aliphatic heterocycles. The van der Waals surface area contributed by atoms with Gasteiger partial charge in [0, 0.05) is 35.5 Å². The molecule has 1 amide bonds. The molecule has 46 heavy (non-hydrogen) atoms. The molecule has 2 aliphatic carbocycles. The van der Waals surface area contributed by atoms with E-state index in [9.17, 15) is 18.0 Å². The lowest BCUT2D eigenvalue weighted by Crippen LogP contribution is -2.50. The fraction of sp³-hybridized carbons (Fsp3) is 0.543. The van der Waals surface area contributed by atoms with Gasteiger partial charge in [-0.1, -0.05) is 29.8 Å². The molecule has 3 heterocycles. The molecule has 2 fully saturated rings. The molecule has 9 nitrogen and oxygen atoms in total. The molecule has 7 rings (SSSR count). The van der Waals surface area contributed by atoms with Crippen LogP contribution >= 0.6 is 11.6 Å². The second kappa shape index (κ2) is 12.5. The van der Waals surface area contributed by atoms with Crippen LogP contribution < -0.4 is 14.4 Å². The van der Waals surface area contributed by atoms with Crippen molar-refractivity contribution in [1.29, 1.82) is 0 Å². The number of anilines is 1. The van der Waals surface area contributed by atoms with E-state index in [0.717, 1.165) is 42.8 Å². The van der Waals surface area contributed by atoms with Crippen LogP contribution in [0.5, 0.6) is 5.75 Å². The summed E-state index contributed by atoms with van der Waals surface area (Å²) >= 11 is 6.42. The summed E-state index contributed by atoms with van der Waals surface area (Å²) in [6.45, 7) is 3.83. The molecule has 1 N–H and O–H groups in total. The minimum atomic E-state index is -3.92. The lowest BCUT2D eigenvalue weighted by Gasteiger charge is -2.46. The molecule has 1 saturated carbocycles. The van der Waals surface area contributed by atoms with Crippen molar-refractivity contribution in [2.75, 3.05) is 31.2 Å². The molecular formula is C35H41ClN2O7S. The van der Waals surface area contributed by atoms with E-state index in [1.807, 2.05) is 18.2 Å². The maximum absolute atomic E-state index is 13.4. The van der Waals surface area contributed by atoms with Crippen LogP contribution in [0.1, 0.15) is 73.4 Å². The van der Waals surface area contributed by atoms with E-state index >= 15 is 0 Å².